The molecule has 0 bridgehead atoms. The van der Waals surface area contributed by atoms with Gasteiger partial charge in [-0.2, -0.15) is 13.2 Å². The molecule has 2 rings (SSSR count). The van der Waals surface area contributed by atoms with Crippen molar-refractivity contribution >= 4 is 17.5 Å². The average molecular weight is 352 g/mol. The molecule has 0 aliphatic heterocycles. The van der Waals surface area contributed by atoms with Crippen LogP contribution in [0.25, 0.3) is 0 Å². The number of ketones is 1. The highest BCUT2D eigenvalue weighted by atomic mass is 32.2. The van der Waals surface area contributed by atoms with Gasteiger partial charge in [0.05, 0.1) is 5.56 Å². The SMILES string of the molecule is C=C(C(=O)c1ccccc1SC)C(O)c1ccc(C(F)(F)F)cc1. The predicted octanol–water partition coefficient (Wildman–Crippen LogP) is 4.90. The molecule has 0 heterocycles. The fourth-order valence-electron chi connectivity index (χ4n) is 2.18. The number of halogens is 3. The van der Waals surface area contributed by atoms with E-state index in [1.54, 1.807) is 24.3 Å². The Bertz CT molecular complexity index is 752. The zero-order valence-corrected chi connectivity index (χ0v) is 13.6. The maximum atomic E-state index is 12.6. The molecule has 1 unspecified atom stereocenters. The topological polar surface area (TPSA) is 37.3 Å². The van der Waals surface area contributed by atoms with Crippen LogP contribution in [0, 0.1) is 0 Å². The second-order valence-electron chi connectivity index (χ2n) is 5.08. The van der Waals surface area contributed by atoms with Crippen LogP contribution in [-0.4, -0.2) is 17.1 Å². The van der Waals surface area contributed by atoms with Gasteiger partial charge in [-0.1, -0.05) is 30.8 Å². The molecule has 0 radical (unpaired) electrons. The van der Waals surface area contributed by atoms with Crippen LogP contribution in [0.3, 0.4) is 0 Å². The maximum absolute atomic E-state index is 12.6. The van der Waals surface area contributed by atoms with Crippen LogP contribution in [0.15, 0.2) is 65.6 Å². The zero-order chi connectivity index (χ0) is 17.9. The van der Waals surface area contributed by atoms with Crippen molar-refractivity contribution in [3.8, 4) is 0 Å². The summed E-state index contributed by atoms with van der Waals surface area (Å²) in [5, 5.41) is 10.3. The number of alkyl halides is 3. The van der Waals surface area contributed by atoms with E-state index >= 15 is 0 Å². The number of hydrogen-bond donors (Lipinski definition) is 1. The third-order valence-electron chi connectivity index (χ3n) is 3.53. The van der Waals surface area contributed by atoms with E-state index in [4.69, 9.17) is 0 Å². The molecule has 0 aliphatic rings. The molecule has 0 saturated carbocycles. The highest BCUT2D eigenvalue weighted by Gasteiger charge is 2.30. The van der Waals surface area contributed by atoms with E-state index in [0.29, 0.717) is 5.56 Å². The number of thioether (sulfide) groups is 1. The summed E-state index contributed by atoms with van der Waals surface area (Å²) in [6.45, 7) is 3.62. The lowest BCUT2D eigenvalue weighted by atomic mass is 9.95. The van der Waals surface area contributed by atoms with Crippen molar-refractivity contribution in [1.29, 1.82) is 0 Å². The number of Topliss-reactive ketones (excluding diaryl/α,β-unsaturated/α-hetero) is 1. The quantitative estimate of drug-likeness (QED) is 0.472. The lowest BCUT2D eigenvalue weighted by Gasteiger charge is -2.15. The van der Waals surface area contributed by atoms with Gasteiger partial charge in [-0.05, 0) is 36.1 Å². The molecule has 0 saturated heterocycles. The number of carbonyl (C=O) groups is 1. The van der Waals surface area contributed by atoms with Crippen LogP contribution >= 0.6 is 11.8 Å². The van der Waals surface area contributed by atoms with Crippen molar-refractivity contribution < 1.29 is 23.1 Å². The van der Waals surface area contributed by atoms with Gasteiger partial charge in [0.15, 0.2) is 5.78 Å². The number of aliphatic hydroxyl groups excluding tert-OH is 1. The van der Waals surface area contributed by atoms with E-state index < -0.39 is 23.6 Å². The first-order chi connectivity index (χ1) is 11.3. The lowest BCUT2D eigenvalue weighted by molar-refractivity contribution is -0.137. The Morgan fingerprint density at radius 2 is 1.71 bits per heavy atom. The molecule has 0 aliphatic carbocycles. The van der Waals surface area contributed by atoms with Crippen molar-refractivity contribution in [3.63, 3.8) is 0 Å². The largest absolute Gasteiger partial charge is 0.416 e. The summed E-state index contributed by atoms with van der Waals surface area (Å²) in [4.78, 5) is 13.3. The minimum Gasteiger partial charge on any atom is -0.384 e. The Hall–Kier alpha value is -2.05. The molecule has 0 amide bonds. The second-order valence-corrected chi connectivity index (χ2v) is 5.93. The normalized spacial score (nSPS) is 12.7. The van der Waals surface area contributed by atoms with Crippen molar-refractivity contribution in [2.75, 3.05) is 6.26 Å². The van der Waals surface area contributed by atoms with Crippen LogP contribution in [0.5, 0.6) is 0 Å². The van der Waals surface area contributed by atoms with Gasteiger partial charge < -0.3 is 5.11 Å². The molecule has 1 atom stereocenters. The van der Waals surface area contributed by atoms with Crippen molar-refractivity contribution in [3.05, 3.63) is 77.4 Å². The summed E-state index contributed by atoms with van der Waals surface area (Å²) >= 11 is 1.38. The van der Waals surface area contributed by atoms with Gasteiger partial charge in [0.2, 0.25) is 0 Å². The Labute approximate surface area is 142 Å². The Morgan fingerprint density at radius 1 is 1.12 bits per heavy atom. The highest BCUT2D eigenvalue weighted by Crippen LogP contribution is 2.32. The van der Waals surface area contributed by atoms with Gasteiger partial charge in [0.25, 0.3) is 0 Å². The predicted molar refractivity (Wildman–Crippen MR) is 88.1 cm³/mol. The fraction of sp³-hybridized carbons (Fsp3) is 0.167. The molecule has 1 N–H and O–H groups in total. The molecule has 2 aromatic carbocycles. The number of hydrogen-bond acceptors (Lipinski definition) is 3. The first kappa shape index (κ1) is 18.3. The number of carbonyl (C=O) groups excluding carboxylic acids is 1. The molecular formula is C18H15F3O2S. The maximum Gasteiger partial charge on any atom is 0.416 e. The van der Waals surface area contributed by atoms with E-state index in [2.05, 4.69) is 6.58 Å². The minimum absolute atomic E-state index is 0.0868. The van der Waals surface area contributed by atoms with Crippen LogP contribution in [0.2, 0.25) is 0 Å². The van der Waals surface area contributed by atoms with E-state index in [-0.39, 0.29) is 11.1 Å². The van der Waals surface area contributed by atoms with E-state index in [1.165, 1.54) is 11.8 Å². The standard InChI is InChI=1S/C18H15F3O2S/c1-11(17(23)14-5-3-4-6-15(14)24-2)16(22)12-7-9-13(10-8-12)18(19,20)21/h3-10,16,22H,1H2,2H3. The van der Waals surface area contributed by atoms with E-state index in [0.717, 1.165) is 29.2 Å². The summed E-state index contributed by atoms with van der Waals surface area (Å²) in [6.07, 6.45) is -4.00. The zero-order valence-electron chi connectivity index (χ0n) is 12.8. The number of aliphatic hydroxyl groups is 1. The van der Waals surface area contributed by atoms with Gasteiger partial charge in [0.1, 0.15) is 6.10 Å². The highest BCUT2D eigenvalue weighted by molar-refractivity contribution is 7.98. The van der Waals surface area contributed by atoms with Gasteiger partial charge >= 0.3 is 6.18 Å². The van der Waals surface area contributed by atoms with Crippen molar-refractivity contribution in [1.82, 2.24) is 0 Å². The Kier molecular flexibility index (Phi) is 5.51. The van der Waals surface area contributed by atoms with Gasteiger partial charge in [-0.3, -0.25) is 4.79 Å². The average Bonchev–Trinajstić information content (AvgIpc) is 2.59. The van der Waals surface area contributed by atoms with Crippen molar-refractivity contribution in [2.24, 2.45) is 0 Å². The molecule has 0 aromatic heterocycles. The molecular weight excluding hydrogens is 337 g/mol. The first-order valence-electron chi connectivity index (χ1n) is 6.97. The van der Waals surface area contributed by atoms with Gasteiger partial charge in [-0.25, -0.2) is 0 Å². The lowest BCUT2D eigenvalue weighted by Crippen LogP contribution is -2.12. The molecule has 126 valence electrons. The summed E-state index contributed by atoms with van der Waals surface area (Å²) in [7, 11) is 0. The minimum atomic E-state index is -4.45. The first-order valence-corrected chi connectivity index (χ1v) is 8.20. The molecule has 2 aromatic rings. The Morgan fingerprint density at radius 3 is 2.25 bits per heavy atom. The molecule has 2 nitrogen and oxygen atoms in total. The van der Waals surface area contributed by atoms with Gasteiger partial charge in [-0.15, -0.1) is 11.8 Å². The van der Waals surface area contributed by atoms with Crippen LogP contribution in [-0.2, 0) is 6.18 Å². The second kappa shape index (κ2) is 7.23. The molecule has 0 spiro atoms. The summed E-state index contributed by atoms with van der Waals surface area (Å²) in [5.74, 6) is -0.438. The number of rotatable bonds is 5. The summed E-state index contributed by atoms with van der Waals surface area (Å²) in [5.41, 5.74) is -0.316. The number of benzene rings is 2. The fourth-order valence-corrected chi connectivity index (χ4v) is 2.78. The van der Waals surface area contributed by atoms with Crippen LogP contribution in [0.4, 0.5) is 13.2 Å². The Balaban J connectivity index is 2.24. The monoisotopic (exact) mass is 352 g/mol. The summed E-state index contributed by atoms with van der Waals surface area (Å²) in [6, 6.07) is 10.9. The third kappa shape index (κ3) is 3.88. The van der Waals surface area contributed by atoms with E-state index in [1.807, 2.05) is 6.26 Å². The third-order valence-corrected chi connectivity index (χ3v) is 4.32. The smallest absolute Gasteiger partial charge is 0.384 e. The molecule has 24 heavy (non-hydrogen) atoms. The van der Waals surface area contributed by atoms with E-state index in [9.17, 15) is 23.1 Å². The summed E-state index contributed by atoms with van der Waals surface area (Å²) < 4.78 is 37.7. The van der Waals surface area contributed by atoms with Gasteiger partial charge in [0, 0.05) is 16.0 Å². The van der Waals surface area contributed by atoms with Crippen molar-refractivity contribution in [2.45, 2.75) is 17.2 Å². The molecule has 6 heteroatoms. The van der Waals surface area contributed by atoms with Crippen LogP contribution < -0.4 is 0 Å². The van der Waals surface area contributed by atoms with Crippen LogP contribution in [0.1, 0.15) is 27.6 Å². The molecule has 0 fully saturated rings.